The van der Waals surface area contributed by atoms with Crippen molar-refractivity contribution in [3.05, 3.63) is 138 Å². The Kier molecular flexibility index (Phi) is 10.1. The number of rotatable bonds is 8. The van der Waals surface area contributed by atoms with Gasteiger partial charge in [-0.05, 0) is 48.5 Å². The van der Waals surface area contributed by atoms with Gasteiger partial charge in [0.15, 0.2) is 12.2 Å². The summed E-state index contributed by atoms with van der Waals surface area (Å²) in [7, 11) is 0. The third kappa shape index (κ3) is 8.16. The van der Waals surface area contributed by atoms with E-state index in [4.69, 9.17) is 23.7 Å². The predicted octanol–water partition coefficient (Wildman–Crippen LogP) is 6.33. The van der Waals surface area contributed by atoms with E-state index in [0.29, 0.717) is 0 Å². The van der Waals surface area contributed by atoms with E-state index in [0.717, 1.165) is 0 Å². The maximum absolute atomic E-state index is 14.2. The third-order valence-corrected chi connectivity index (χ3v) is 6.61. The van der Waals surface area contributed by atoms with E-state index >= 15 is 0 Å². The van der Waals surface area contributed by atoms with Crippen molar-refractivity contribution in [2.24, 2.45) is 4.99 Å². The van der Waals surface area contributed by atoms with Crippen LogP contribution in [-0.4, -0.2) is 61.2 Å². The highest BCUT2D eigenvalue weighted by molar-refractivity contribution is 5.91. The molecule has 4 aromatic rings. The van der Waals surface area contributed by atoms with E-state index in [-0.39, 0.29) is 22.4 Å². The Morgan fingerprint density at radius 2 is 1.00 bits per heavy atom. The van der Waals surface area contributed by atoms with Gasteiger partial charge in [-0.3, -0.25) is 0 Å². The molecule has 0 bridgehead atoms. The summed E-state index contributed by atoms with van der Waals surface area (Å²) in [4.78, 5) is 43.1. The molecule has 0 saturated carbocycles. The van der Waals surface area contributed by atoms with Crippen LogP contribution in [0, 0.1) is 0 Å². The monoisotopic (exact) mass is 633 g/mol. The largest absolute Gasteiger partial charge is 0.468 e. The molecule has 46 heavy (non-hydrogen) atoms. The van der Waals surface area contributed by atoms with Gasteiger partial charge in [0.2, 0.25) is 12.4 Å². The van der Waals surface area contributed by atoms with Gasteiger partial charge in [0.05, 0.1) is 29.0 Å². The summed E-state index contributed by atoms with van der Waals surface area (Å²) < 4.78 is 70.5. The van der Waals surface area contributed by atoms with E-state index < -0.39 is 61.2 Å². The van der Waals surface area contributed by atoms with Gasteiger partial charge < -0.3 is 23.7 Å². The molecule has 0 aromatic heterocycles. The number of ether oxygens (including phenoxy) is 5. The second kappa shape index (κ2) is 14.5. The van der Waals surface area contributed by atoms with Crippen LogP contribution in [0.1, 0.15) is 31.1 Å². The minimum Gasteiger partial charge on any atom is -0.452 e. The number of carbonyl (C=O) groups is 3. The van der Waals surface area contributed by atoms with Crippen molar-refractivity contribution in [1.29, 1.82) is 0 Å². The van der Waals surface area contributed by atoms with Crippen LogP contribution in [0.5, 0.6) is 0 Å². The summed E-state index contributed by atoms with van der Waals surface area (Å²) in [6.45, 7) is -0.591. The molecule has 12 heteroatoms. The molecular weight excluding hydrogens is 607 g/mol. The molecular formula is C34H26F3NO8. The van der Waals surface area contributed by atoms with Crippen molar-refractivity contribution in [2.75, 3.05) is 6.61 Å². The molecule has 0 radical (unpaired) electrons. The van der Waals surface area contributed by atoms with Crippen LogP contribution in [0.15, 0.2) is 126 Å². The number of carbonyl (C=O) groups excluding carboxylic acids is 3. The summed E-state index contributed by atoms with van der Waals surface area (Å²) in [5.74, 6) is -4.48. The van der Waals surface area contributed by atoms with Gasteiger partial charge in [-0.15, -0.1) is 0 Å². The Labute approximate surface area is 261 Å². The molecule has 1 aliphatic heterocycles. The van der Waals surface area contributed by atoms with Gasteiger partial charge in [-0.1, -0.05) is 72.8 Å². The summed E-state index contributed by atoms with van der Waals surface area (Å²) in [6.07, 6.45) is -12.1. The van der Waals surface area contributed by atoms with Crippen LogP contribution in [0.25, 0.3) is 0 Å². The van der Waals surface area contributed by atoms with Crippen molar-refractivity contribution in [3.8, 4) is 0 Å². The van der Waals surface area contributed by atoms with Gasteiger partial charge in [0.1, 0.15) is 0 Å². The molecule has 1 fully saturated rings. The molecule has 4 atom stereocenters. The zero-order valence-corrected chi connectivity index (χ0v) is 23.9. The van der Waals surface area contributed by atoms with Gasteiger partial charge >= 0.3 is 24.1 Å². The summed E-state index contributed by atoms with van der Waals surface area (Å²) in [5, 5.41) is 0. The minimum atomic E-state index is -5.11. The van der Waals surface area contributed by atoms with Gasteiger partial charge in [0, 0.05) is 0 Å². The Morgan fingerprint density at radius 3 is 1.46 bits per heavy atom. The summed E-state index contributed by atoms with van der Waals surface area (Å²) >= 11 is 0. The number of para-hydroxylation sites is 1. The maximum atomic E-state index is 14.2. The number of halogens is 3. The van der Waals surface area contributed by atoms with Crippen molar-refractivity contribution >= 4 is 29.5 Å². The lowest BCUT2D eigenvalue weighted by molar-refractivity contribution is -0.251. The second-order valence-electron chi connectivity index (χ2n) is 9.85. The molecule has 0 amide bonds. The van der Waals surface area contributed by atoms with Crippen molar-refractivity contribution in [2.45, 2.75) is 30.8 Å². The molecule has 1 heterocycles. The van der Waals surface area contributed by atoms with E-state index in [1.807, 2.05) is 0 Å². The molecule has 4 aromatic carbocycles. The Bertz CT molecular complexity index is 1650. The van der Waals surface area contributed by atoms with E-state index in [2.05, 4.69) is 4.99 Å². The highest BCUT2D eigenvalue weighted by atomic mass is 19.4. The van der Waals surface area contributed by atoms with E-state index in [1.165, 1.54) is 60.7 Å². The Balaban J connectivity index is 1.53. The molecule has 0 spiro atoms. The Hall–Kier alpha value is -5.49. The first-order chi connectivity index (χ1) is 22.2. The molecule has 0 N–H and O–H groups in total. The average Bonchev–Trinajstić information content (AvgIpc) is 3.07. The molecule has 236 valence electrons. The number of esters is 3. The molecule has 9 nitrogen and oxygen atoms in total. The van der Waals surface area contributed by atoms with Crippen LogP contribution >= 0.6 is 0 Å². The normalized spacial score (nSPS) is 19.8. The van der Waals surface area contributed by atoms with Crippen LogP contribution < -0.4 is 0 Å². The lowest BCUT2D eigenvalue weighted by atomic mass is 10.0. The highest BCUT2D eigenvalue weighted by Crippen LogP contribution is 2.31. The summed E-state index contributed by atoms with van der Waals surface area (Å²) in [5.41, 5.74) is 0.174. The van der Waals surface area contributed by atoms with Crippen LogP contribution in [0.3, 0.4) is 0 Å². The number of hydrogen-bond acceptors (Lipinski definition) is 9. The zero-order chi connectivity index (χ0) is 32.5. The fourth-order valence-corrected chi connectivity index (χ4v) is 4.41. The van der Waals surface area contributed by atoms with Gasteiger partial charge in [-0.2, -0.15) is 13.2 Å². The number of hydrogen-bond donors (Lipinski definition) is 0. The fourth-order valence-electron chi connectivity index (χ4n) is 4.41. The average molecular weight is 634 g/mol. The van der Waals surface area contributed by atoms with Crippen LogP contribution in [0.2, 0.25) is 0 Å². The lowest BCUT2D eigenvalue weighted by Crippen LogP contribution is -2.59. The fraction of sp³-hybridized carbons (Fsp3) is 0.176. The predicted molar refractivity (Wildman–Crippen MR) is 157 cm³/mol. The van der Waals surface area contributed by atoms with E-state index in [9.17, 15) is 27.6 Å². The van der Waals surface area contributed by atoms with Crippen molar-refractivity contribution in [1.82, 2.24) is 0 Å². The third-order valence-electron chi connectivity index (χ3n) is 6.61. The van der Waals surface area contributed by atoms with Gasteiger partial charge in [0.25, 0.3) is 5.90 Å². The number of alkyl halides is 3. The standard InChI is InChI=1S/C34H26F3NO8/c35-34(36,37)33(38-25-19-11-4-12-20-25)46-32-28(45-31(41)24-17-9-3-10-18-24)27(44-30(40)23-15-7-2-8-16-23)26(21-42-32)43-29(39)22-13-5-1-6-14-22/h1-20,26-28,32H,21H2/t26-,27-,28+,32?/m0/s1. The number of aliphatic imine (C=N–C) groups is 1. The first-order valence-electron chi connectivity index (χ1n) is 14.0. The van der Waals surface area contributed by atoms with Crippen LogP contribution in [-0.2, 0) is 23.7 Å². The number of nitrogens with zero attached hydrogens (tertiary/aromatic N) is 1. The smallest absolute Gasteiger partial charge is 0.452 e. The maximum Gasteiger partial charge on any atom is 0.468 e. The summed E-state index contributed by atoms with van der Waals surface area (Å²) in [6, 6.07) is 30.3. The quantitative estimate of drug-likeness (QED) is 0.0959. The molecule has 0 aliphatic carbocycles. The first kappa shape index (κ1) is 31.9. The molecule has 1 aliphatic rings. The number of benzene rings is 4. The highest BCUT2D eigenvalue weighted by Gasteiger charge is 2.52. The molecule has 5 rings (SSSR count). The van der Waals surface area contributed by atoms with Gasteiger partial charge in [-0.25, -0.2) is 19.4 Å². The second-order valence-corrected chi connectivity index (χ2v) is 9.85. The topological polar surface area (TPSA) is 110 Å². The SMILES string of the molecule is O=C(O[C@H]1[C@@H](OC(=O)c2ccccc2)COC(OC(=Nc2ccccc2)C(F)(F)F)[C@@H]1OC(=O)c1ccccc1)c1ccccc1. The van der Waals surface area contributed by atoms with Crippen molar-refractivity contribution < 1.29 is 51.2 Å². The zero-order valence-electron chi connectivity index (χ0n) is 23.9. The first-order valence-corrected chi connectivity index (χ1v) is 14.0. The van der Waals surface area contributed by atoms with E-state index in [1.54, 1.807) is 60.7 Å². The molecule has 1 unspecified atom stereocenters. The van der Waals surface area contributed by atoms with Crippen LogP contribution in [0.4, 0.5) is 18.9 Å². The minimum absolute atomic E-state index is 0.0341. The van der Waals surface area contributed by atoms with Crippen molar-refractivity contribution in [3.63, 3.8) is 0 Å². The molecule has 1 saturated heterocycles. The lowest BCUT2D eigenvalue weighted by Gasteiger charge is -2.40. The Morgan fingerprint density at radius 1 is 0.587 bits per heavy atom.